The first-order chi connectivity index (χ1) is 14.1. The molecule has 6 nitrogen and oxygen atoms in total. The molecular formula is C20H20ClFN6S. The van der Waals surface area contributed by atoms with Gasteiger partial charge in [-0.15, -0.1) is 11.6 Å². The number of alkyl halides is 1. The van der Waals surface area contributed by atoms with E-state index in [0.29, 0.717) is 11.3 Å². The minimum absolute atomic E-state index is 0.229. The summed E-state index contributed by atoms with van der Waals surface area (Å²) in [5.41, 5.74) is 3.04. The third-order valence-corrected chi connectivity index (χ3v) is 5.61. The zero-order chi connectivity index (χ0) is 20.4. The second-order valence-corrected chi connectivity index (χ2v) is 7.35. The smallest absolute Gasteiger partial charge is 0.168 e. The van der Waals surface area contributed by atoms with Crippen molar-refractivity contribution >= 4 is 45.8 Å². The fourth-order valence-electron chi connectivity index (χ4n) is 3.39. The van der Waals surface area contributed by atoms with Crippen LogP contribution in [0.15, 0.2) is 36.4 Å². The molecule has 1 saturated heterocycles. The van der Waals surface area contributed by atoms with Crippen LogP contribution in [-0.2, 0) is 5.88 Å². The highest BCUT2D eigenvalue weighted by molar-refractivity contribution is 7.80. The van der Waals surface area contributed by atoms with Gasteiger partial charge in [0, 0.05) is 38.8 Å². The monoisotopic (exact) mass is 430 g/mol. The number of pyridine rings is 1. The van der Waals surface area contributed by atoms with Gasteiger partial charge in [-0.1, -0.05) is 0 Å². The van der Waals surface area contributed by atoms with E-state index in [1.54, 1.807) is 12.1 Å². The number of hydrogen-bond donors (Lipinski definition) is 1. The van der Waals surface area contributed by atoms with Gasteiger partial charge in [0.2, 0.25) is 0 Å². The maximum atomic E-state index is 13.3. The summed E-state index contributed by atoms with van der Waals surface area (Å²) in [7, 11) is 1.83. The number of rotatable bonds is 3. The Balaban J connectivity index is 1.72. The van der Waals surface area contributed by atoms with Gasteiger partial charge in [0.1, 0.15) is 17.2 Å². The Morgan fingerprint density at radius 1 is 1.07 bits per heavy atom. The molecule has 4 rings (SSSR count). The van der Waals surface area contributed by atoms with Crippen LogP contribution >= 0.6 is 23.8 Å². The summed E-state index contributed by atoms with van der Waals surface area (Å²) in [4.78, 5) is 18.3. The molecular weight excluding hydrogens is 411 g/mol. The van der Waals surface area contributed by atoms with Gasteiger partial charge in [-0.05, 0) is 48.6 Å². The number of piperazine rings is 1. The van der Waals surface area contributed by atoms with Crippen LogP contribution in [-0.4, -0.2) is 58.2 Å². The molecule has 2 aromatic heterocycles. The molecule has 29 heavy (non-hydrogen) atoms. The van der Waals surface area contributed by atoms with Gasteiger partial charge in [0.05, 0.1) is 17.1 Å². The number of thiocarbonyl (C=S) groups is 1. The van der Waals surface area contributed by atoms with E-state index in [2.05, 4.69) is 25.1 Å². The first kappa shape index (κ1) is 19.7. The molecule has 150 valence electrons. The second-order valence-electron chi connectivity index (χ2n) is 6.70. The number of halogens is 2. The van der Waals surface area contributed by atoms with Gasteiger partial charge in [-0.2, -0.15) is 0 Å². The number of hydrogen-bond acceptors (Lipinski definition) is 5. The maximum absolute atomic E-state index is 13.3. The third kappa shape index (κ3) is 4.09. The summed E-state index contributed by atoms with van der Waals surface area (Å²) in [5, 5.41) is 3.77. The Morgan fingerprint density at radius 3 is 2.45 bits per heavy atom. The number of nitrogens with one attached hydrogen (secondary N) is 1. The molecule has 0 radical (unpaired) electrons. The Morgan fingerprint density at radius 2 is 1.79 bits per heavy atom. The standard InChI is InChI=1S/C20H20ClFN6S/c1-23-20(29)28-10-8-27(9-11-28)19-18-16(24-17(12-21)26-19)7-6-15(25-18)13-2-4-14(22)5-3-13/h2-7H,8-12H2,1H3,(H,23,29). The quantitative estimate of drug-likeness (QED) is 0.505. The number of nitrogens with zero attached hydrogens (tertiary/aromatic N) is 5. The van der Waals surface area contributed by atoms with E-state index in [0.717, 1.165) is 53.9 Å². The van der Waals surface area contributed by atoms with Gasteiger partial charge in [0.15, 0.2) is 10.9 Å². The van der Waals surface area contributed by atoms with Crippen LogP contribution in [0, 0.1) is 5.82 Å². The van der Waals surface area contributed by atoms with Crippen molar-refractivity contribution in [2.75, 3.05) is 38.1 Å². The van der Waals surface area contributed by atoms with Crippen LogP contribution in [0.25, 0.3) is 22.3 Å². The first-order valence-electron chi connectivity index (χ1n) is 9.30. The van der Waals surface area contributed by atoms with Crippen LogP contribution in [0.4, 0.5) is 10.2 Å². The molecule has 0 bridgehead atoms. The summed E-state index contributed by atoms with van der Waals surface area (Å²) in [6, 6.07) is 10.1. The molecule has 1 aliphatic rings. The molecule has 0 saturated carbocycles. The van der Waals surface area contributed by atoms with Crippen molar-refractivity contribution < 1.29 is 4.39 Å². The Hall–Kier alpha value is -2.58. The highest BCUT2D eigenvalue weighted by Gasteiger charge is 2.22. The lowest BCUT2D eigenvalue weighted by Gasteiger charge is -2.36. The molecule has 0 aliphatic carbocycles. The van der Waals surface area contributed by atoms with E-state index in [1.165, 1.54) is 12.1 Å². The van der Waals surface area contributed by atoms with Crippen molar-refractivity contribution in [2.24, 2.45) is 0 Å². The van der Waals surface area contributed by atoms with Crippen LogP contribution < -0.4 is 10.2 Å². The lowest BCUT2D eigenvalue weighted by atomic mass is 10.1. The van der Waals surface area contributed by atoms with Crippen molar-refractivity contribution in [2.45, 2.75) is 5.88 Å². The molecule has 0 atom stereocenters. The van der Waals surface area contributed by atoms with E-state index < -0.39 is 0 Å². The minimum atomic E-state index is -0.275. The van der Waals surface area contributed by atoms with E-state index in [4.69, 9.17) is 28.8 Å². The Bertz CT molecular complexity index is 1040. The zero-order valence-electron chi connectivity index (χ0n) is 15.9. The van der Waals surface area contributed by atoms with E-state index in [1.807, 2.05) is 19.2 Å². The Labute approximate surface area is 178 Å². The summed E-state index contributed by atoms with van der Waals surface area (Å²) < 4.78 is 13.3. The lowest BCUT2D eigenvalue weighted by Crippen LogP contribution is -2.51. The van der Waals surface area contributed by atoms with Crippen molar-refractivity contribution in [3.8, 4) is 11.3 Å². The predicted octanol–water partition coefficient (Wildman–Crippen LogP) is 3.20. The highest BCUT2D eigenvalue weighted by Crippen LogP contribution is 2.27. The Kier molecular flexibility index (Phi) is 5.73. The van der Waals surface area contributed by atoms with E-state index in [9.17, 15) is 4.39 Å². The molecule has 3 aromatic rings. The summed E-state index contributed by atoms with van der Waals surface area (Å²) in [6.45, 7) is 3.11. The SMILES string of the molecule is CNC(=S)N1CCN(c2nc(CCl)nc3ccc(-c4ccc(F)cc4)nc23)CC1. The molecule has 1 aromatic carbocycles. The fraction of sp³-hybridized carbons (Fsp3) is 0.300. The van der Waals surface area contributed by atoms with Gasteiger partial charge in [-0.3, -0.25) is 0 Å². The van der Waals surface area contributed by atoms with Gasteiger partial charge < -0.3 is 15.1 Å². The lowest BCUT2D eigenvalue weighted by molar-refractivity contribution is 0.382. The topological polar surface area (TPSA) is 57.2 Å². The molecule has 9 heteroatoms. The zero-order valence-corrected chi connectivity index (χ0v) is 17.5. The molecule has 0 spiro atoms. The van der Waals surface area contributed by atoms with Gasteiger partial charge in [-0.25, -0.2) is 19.3 Å². The fourth-order valence-corrected chi connectivity index (χ4v) is 3.69. The third-order valence-electron chi connectivity index (χ3n) is 4.91. The van der Waals surface area contributed by atoms with Crippen LogP contribution in [0.1, 0.15) is 5.82 Å². The predicted molar refractivity (Wildman–Crippen MR) is 118 cm³/mol. The second kappa shape index (κ2) is 8.42. The van der Waals surface area contributed by atoms with Crippen LogP contribution in [0.5, 0.6) is 0 Å². The number of anilines is 1. The number of benzene rings is 1. The van der Waals surface area contributed by atoms with E-state index in [-0.39, 0.29) is 11.7 Å². The van der Waals surface area contributed by atoms with Crippen molar-refractivity contribution in [3.05, 3.63) is 48.0 Å². The molecule has 1 aliphatic heterocycles. The largest absolute Gasteiger partial charge is 0.366 e. The highest BCUT2D eigenvalue weighted by atomic mass is 35.5. The molecule has 3 heterocycles. The van der Waals surface area contributed by atoms with Crippen molar-refractivity contribution in [3.63, 3.8) is 0 Å². The van der Waals surface area contributed by atoms with Crippen molar-refractivity contribution in [1.82, 2.24) is 25.2 Å². The van der Waals surface area contributed by atoms with Crippen LogP contribution in [0.3, 0.4) is 0 Å². The average Bonchev–Trinajstić information content (AvgIpc) is 2.78. The molecule has 1 fully saturated rings. The van der Waals surface area contributed by atoms with Crippen molar-refractivity contribution in [1.29, 1.82) is 0 Å². The molecule has 0 amide bonds. The van der Waals surface area contributed by atoms with Crippen LogP contribution in [0.2, 0.25) is 0 Å². The first-order valence-corrected chi connectivity index (χ1v) is 10.2. The maximum Gasteiger partial charge on any atom is 0.168 e. The average molecular weight is 431 g/mol. The minimum Gasteiger partial charge on any atom is -0.366 e. The van der Waals surface area contributed by atoms with Gasteiger partial charge >= 0.3 is 0 Å². The van der Waals surface area contributed by atoms with Gasteiger partial charge in [0.25, 0.3) is 0 Å². The normalized spacial score (nSPS) is 14.3. The summed E-state index contributed by atoms with van der Waals surface area (Å²) in [5.74, 6) is 1.29. The number of fused-ring (bicyclic) bond motifs is 1. The summed E-state index contributed by atoms with van der Waals surface area (Å²) >= 11 is 11.4. The number of aromatic nitrogens is 3. The summed E-state index contributed by atoms with van der Waals surface area (Å²) in [6.07, 6.45) is 0. The molecule has 1 N–H and O–H groups in total. The van der Waals surface area contributed by atoms with E-state index >= 15 is 0 Å². The molecule has 0 unspecified atom stereocenters.